The van der Waals surface area contributed by atoms with E-state index in [0.717, 1.165) is 18.9 Å². The van der Waals surface area contributed by atoms with Gasteiger partial charge < -0.3 is 5.11 Å². The number of nitrogens with zero attached hydrogens (tertiary/aromatic N) is 1. The molecule has 0 aliphatic heterocycles. The maximum atomic E-state index is 12.7. The second-order valence-electron chi connectivity index (χ2n) is 4.74. The first kappa shape index (κ1) is 14.6. The third-order valence-electron chi connectivity index (χ3n) is 3.17. The highest BCUT2D eigenvalue weighted by Gasteiger charge is 2.34. The van der Waals surface area contributed by atoms with Gasteiger partial charge in [-0.25, -0.2) is 0 Å². The number of hydrogen-bond donors (Lipinski definition) is 1. The van der Waals surface area contributed by atoms with Gasteiger partial charge in [-0.1, -0.05) is 17.7 Å². The molecule has 1 saturated carbocycles. The van der Waals surface area contributed by atoms with E-state index in [2.05, 4.69) is 0 Å². The quantitative estimate of drug-likeness (QED) is 0.900. The summed E-state index contributed by atoms with van der Waals surface area (Å²) >= 11 is 5.58. The predicted molar refractivity (Wildman–Crippen MR) is 67.0 cm³/mol. The molecule has 1 fully saturated rings. The topological polar surface area (TPSA) is 23.5 Å². The van der Waals surface area contributed by atoms with Crippen molar-refractivity contribution in [3.05, 3.63) is 34.3 Å². The van der Waals surface area contributed by atoms with E-state index >= 15 is 0 Å². The fraction of sp³-hybridized carbons (Fsp3) is 0.538. The highest BCUT2D eigenvalue weighted by atomic mass is 35.5. The van der Waals surface area contributed by atoms with E-state index in [4.69, 9.17) is 16.7 Å². The average Bonchev–Trinajstić information content (AvgIpc) is 3.13. The van der Waals surface area contributed by atoms with Crippen LogP contribution in [0, 0.1) is 0 Å². The van der Waals surface area contributed by atoms with Crippen LogP contribution < -0.4 is 0 Å². The number of benzene rings is 1. The van der Waals surface area contributed by atoms with Gasteiger partial charge >= 0.3 is 6.18 Å². The van der Waals surface area contributed by atoms with Gasteiger partial charge in [0, 0.05) is 19.1 Å². The van der Waals surface area contributed by atoms with Gasteiger partial charge in [0.2, 0.25) is 0 Å². The van der Waals surface area contributed by atoms with Gasteiger partial charge in [-0.15, -0.1) is 0 Å². The van der Waals surface area contributed by atoms with Crippen molar-refractivity contribution in [3.8, 4) is 0 Å². The van der Waals surface area contributed by atoms with Crippen LogP contribution in [0.2, 0.25) is 5.02 Å². The van der Waals surface area contributed by atoms with Crippen molar-refractivity contribution in [1.82, 2.24) is 4.90 Å². The van der Waals surface area contributed by atoms with Gasteiger partial charge in [-0.2, -0.15) is 13.2 Å². The van der Waals surface area contributed by atoms with Gasteiger partial charge in [-0.3, -0.25) is 4.90 Å². The second kappa shape index (κ2) is 5.69. The van der Waals surface area contributed by atoms with E-state index in [1.165, 1.54) is 6.07 Å². The number of aliphatic hydroxyl groups excluding tert-OH is 1. The maximum absolute atomic E-state index is 12.7. The van der Waals surface area contributed by atoms with Gasteiger partial charge in [0.25, 0.3) is 0 Å². The summed E-state index contributed by atoms with van der Waals surface area (Å²) in [4.78, 5) is 2.00. The standard InChI is InChI=1S/C13H15ClF3NO/c14-12-4-1-9(7-11(12)13(15,16)17)8-18(5-6-19)10-2-3-10/h1,4,7,10,19H,2-3,5-6,8H2. The Balaban J connectivity index is 2.16. The Morgan fingerprint density at radius 1 is 1.32 bits per heavy atom. The molecule has 0 amide bonds. The molecule has 2 rings (SSSR count). The monoisotopic (exact) mass is 293 g/mol. The van der Waals surface area contributed by atoms with Crippen LogP contribution in [0.15, 0.2) is 18.2 Å². The molecule has 0 aromatic heterocycles. The lowest BCUT2D eigenvalue weighted by molar-refractivity contribution is -0.137. The SMILES string of the molecule is OCCN(Cc1ccc(Cl)c(C(F)(F)F)c1)C1CC1. The molecule has 1 aliphatic carbocycles. The fourth-order valence-corrected chi connectivity index (χ4v) is 2.31. The van der Waals surface area contributed by atoms with Crippen molar-refractivity contribution in [2.75, 3.05) is 13.2 Å². The zero-order valence-electron chi connectivity index (χ0n) is 10.3. The average molecular weight is 294 g/mol. The third-order valence-corrected chi connectivity index (χ3v) is 3.50. The Bertz CT molecular complexity index is 446. The molecule has 2 nitrogen and oxygen atoms in total. The summed E-state index contributed by atoms with van der Waals surface area (Å²) in [7, 11) is 0. The first-order valence-electron chi connectivity index (χ1n) is 6.12. The summed E-state index contributed by atoms with van der Waals surface area (Å²) in [6.45, 7) is 0.899. The Labute approximate surface area is 114 Å². The largest absolute Gasteiger partial charge is 0.417 e. The summed E-state index contributed by atoms with van der Waals surface area (Å²) in [5, 5.41) is 8.70. The molecule has 0 spiro atoms. The molecular weight excluding hydrogens is 279 g/mol. The molecule has 1 aromatic carbocycles. The lowest BCUT2D eigenvalue weighted by Crippen LogP contribution is -2.28. The van der Waals surface area contributed by atoms with Crippen LogP contribution >= 0.6 is 11.6 Å². The van der Waals surface area contributed by atoms with Crippen molar-refractivity contribution in [2.24, 2.45) is 0 Å². The summed E-state index contributed by atoms with van der Waals surface area (Å²) in [6.07, 6.45) is -2.35. The van der Waals surface area contributed by atoms with Crippen molar-refractivity contribution in [2.45, 2.75) is 31.6 Å². The molecule has 19 heavy (non-hydrogen) atoms. The highest BCUT2D eigenvalue weighted by molar-refractivity contribution is 6.31. The molecule has 6 heteroatoms. The molecule has 1 aromatic rings. The number of halogens is 4. The van der Waals surface area contributed by atoms with Crippen LogP contribution in [-0.2, 0) is 12.7 Å². The van der Waals surface area contributed by atoms with E-state index in [1.54, 1.807) is 6.07 Å². The highest BCUT2D eigenvalue weighted by Crippen LogP contribution is 2.36. The van der Waals surface area contributed by atoms with Crippen molar-refractivity contribution in [3.63, 3.8) is 0 Å². The van der Waals surface area contributed by atoms with E-state index in [9.17, 15) is 13.2 Å². The Hall–Kier alpha value is -0.780. The fourth-order valence-electron chi connectivity index (χ4n) is 2.08. The minimum Gasteiger partial charge on any atom is -0.395 e. The van der Waals surface area contributed by atoms with E-state index in [1.807, 2.05) is 4.90 Å². The molecule has 1 N–H and O–H groups in total. The molecule has 0 radical (unpaired) electrons. The van der Waals surface area contributed by atoms with Crippen LogP contribution in [0.25, 0.3) is 0 Å². The molecular formula is C13H15ClF3NO. The Morgan fingerprint density at radius 2 is 2.00 bits per heavy atom. The van der Waals surface area contributed by atoms with Crippen LogP contribution in [0.3, 0.4) is 0 Å². The van der Waals surface area contributed by atoms with Crippen LogP contribution in [0.1, 0.15) is 24.0 Å². The van der Waals surface area contributed by atoms with Gasteiger partial charge in [0.15, 0.2) is 0 Å². The van der Waals surface area contributed by atoms with Gasteiger partial charge in [-0.05, 0) is 30.5 Å². The number of alkyl halides is 3. The van der Waals surface area contributed by atoms with E-state index in [-0.39, 0.29) is 11.6 Å². The molecule has 0 heterocycles. The van der Waals surface area contributed by atoms with Crippen molar-refractivity contribution < 1.29 is 18.3 Å². The summed E-state index contributed by atoms with van der Waals surface area (Å²) < 4.78 is 38.2. The minimum absolute atomic E-state index is 0.0101. The lowest BCUT2D eigenvalue weighted by Gasteiger charge is -2.21. The summed E-state index contributed by atoms with van der Waals surface area (Å²) in [5.41, 5.74) is -0.233. The molecule has 0 atom stereocenters. The van der Waals surface area contributed by atoms with E-state index in [0.29, 0.717) is 24.7 Å². The number of rotatable bonds is 5. The zero-order valence-corrected chi connectivity index (χ0v) is 11.0. The van der Waals surface area contributed by atoms with Crippen molar-refractivity contribution in [1.29, 1.82) is 0 Å². The Kier molecular flexibility index (Phi) is 4.38. The van der Waals surface area contributed by atoms with Crippen LogP contribution in [0.4, 0.5) is 13.2 Å². The number of hydrogen-bond acceptors (Lipinski definition) is 2. The lowest BCUT2D eigenvalue weighted by atomic mass is 10.1. The van der Waals surface area contributed by atoms with Crippen molar-refractivity contribution >= 4 is 11.6 Å². The maximum Gasteiger partial charge on any atom is 0.417 e. The number of aliphatic hydroxyl groups is 1. The summed E-state index contributed by atoms with van der Waals surface area (Å²) in [6, 6.07) is 4.36. The predicted octanol–water partition coefficient (Wildman–Crippen LogP) is 3.32. The normalized spacial score (nSPS) is 16.1. The second-order valence-corrected chi connectivity index (χ2v) is 5.14. The van der Waals surface area contributed by atoms with E-state index < -0.39 is 11.7 Å². The molecule has 0 unspecified atom stereocenters. The molecule has 0 bridgehead atoms. The molecule has 1 aliphatic rings. The smallest absolute Gasteiger partial charge is 0.395 e. The first-order chi connectivity index (χ1) is 8.91. The first-order valence-corrected chi connectivity index (χ1v) is 6.50. The summed E-state index contributed by atoms with van der Waals surface area (Å²) in [5.74, 6) is 0. The zero-order chi connectivity index (χ0) is 14.0. The van der Waals surface area contributed by atoms with Gasteiger partial charge in [0.1, 0.15) is 0 Å². The third kappa shape index (κ3) is 3.84. The van der Waals surface area contributed by atoms with Crippen LogP contribution in [0.5, 0.6) is 0 Å². The molecule has 0 saturated heterocycles. The van der Waals surface area contributed by atoms with Crippen LogP contribution in [-0.4, -0.2) is 29.2 Å². The minimum atomic E-state index is -4.44. The Morgan fingerprint density at radius 3 is 2.53 bits per heavy atom. The van der Waals surface area contributed by atoms with Gasteiger partial charge in [0.05, 0.1) is 17.2 Å². The molecule has 106 valence electrons.